The summed E-state index contributed by atoms with van der Waals surface area (Å²) in [6, 6.07) is 22.4. The van der Waals surface area contributed by atoms with Crippen LogP contribution in [0, 0.1) is 6.92 Å². The lowest BCUT2D eigenvalue weighted by Gasteiger charge is -2.26. The van der Waals surface area contributed by atoms with E-state index >= 15 is 0 Å². The number of hydrogen-bond acceptors (Lipinski definition) is 3. The number of nitrogens with one attached hydrogen (secondary N) is 1. The molecule has 0 saturated carbocycles. The van der Waals surface area contributed by atoms with E-state index in [0.717, 1.165) is 15.4 Å². The van der Waals surface area contributed by atoms with E-state index in [9.17, 15) is 13.2 Å². The molecule has 162 valence electrons. The fourth-order valence-corrected chi connectivity index (χ4v) is 4.86. The quantitative estimate of drug-likeness (QED) is 0.512. The molecule has 0 spiro atoms. The van der Waals surface area contributed by atoms with Crippen molar-refractivity contribution < 1.29 is 13.2 Å². The van der Waals surface area contributed by atoms with E-state index in [2.05, 4.69) is 5.32 Å². The Morgan fingerprint density at radius 1 is 1.00 bits per heavy atom. The zero-order valence-electron chi connectivity index (χ0n) is 17.5. The standard InChI is InChI=1S/C24H25ClN2O3S/c1-3-23(19-10-6-4-7-11-19)26-24(28)17-27(20-15-14-18(2)22(25)16-20)31(29,30)21-12-8-5-9-13-21/h4-16,23H,3,17H2,1-2H3,(H,26,28)/t23-/m1/s1. The number of rotatable bonds is 8. The molecule has 1 atom stereocenters. The predicted molar refractivity (Wildman–Crippen MR) is 125 cm³/mol. The van der Waals surface area contributed by atoms with Gasteiger partial charge in [-0.15, -0.1) is 0 Å². The number of hydrogen-bond donors (Lipinski definition) is 1. The molecule has 0 saturated heterocycles. The third kappa shape index (κ3) is 5.46. The molecule has 0 radical (unpaired) electrons. The number of nitrogens with zero attached hydrogens (tertiary/aromatic N) is 1. The average molecular weight is 457 g/mol. The Hall–Kier alpha value is -2.83. The molecule has 3 aromatic carbocycles. The molecule has 7 heteroatoms. The molecular weight excluding hydrogens is 432 g/mol. The zero-order chi connectivity index (χ0) is 22.4. The molecule has 0 aliphatic rings. The lowest BCUT2D eigenvalue weighted by molar-refractivity contribution is -0.120. The molecule has 0 aliphatic carbocycles. The maximum absolute atomic E-state index is 13.4. The van der Waals surface area contributed by atoms with E-state index < -0.39 is 15.9 Å². The fourth-order valence-electron chi connectivity index (χ4n) is 3.25. The summed E-state index contributed by atoms with van der Waals surface area (Å²) in [6.45, 7) is 3.44. The Labute approximate surface area is 188 Å². The topological polar surface area (TPSA) is 66.5 Å². The maximum Gasteiger partial charge on any atom is 0.264 e. The summed E-state index contributed by atoms with van der Waals surface area (Å²) in [5.41, 5.74) is 2.12. The summed E-state index contributed by atoms with van der Waals surface area (Å²) in [7, 11) is -3.97. The van der Waals surface area contributed by atoms with Gasteiger partial charge in [0.05, 0.1) is 16.6 Å². The van der Waals surface area contributed by atoms with Crippen LogP contribution >= 0.6 is 11.6 Å². The number of benzene rings is 3. The average Bonchev–Trinajstić information content (AvgIpc) is 2.79. The first-order valence-corrected chi connectivity index (χ1v) is 11.8. The summed E-state index contributed by atoms with van der Waals surface area (Å²) >= 11 is 6.26. The van der Waals surface area contributed by atoms with Gasteiger partial charge < -0.3 is 5.32 Å². The molecule has 31 heavy (non-hydrogen) atoms. The second-order valence-electron chi connectivity index (χ2n) is 7.20. The second-order valence-corrected chi connectivity index (χ2v) is 9.47. The SMILES string of the molecule is CC[C@@H](NC(=O)CN(c1ccc(C)c(Cl)c1)S(=O)(=O)c1ccccc1)c1ccccc1. The molecule has 0 aromatic heterocycles. The van der Waals surface area contributed by atoms with Crippen LogP contribution in [0.25, 0.3) is 0 Å². The number of halogens is 1. The van der Waals surface area contributed by atoms with Gasteiger partial charge in [0.2, 0.25) is 5.91 Å². The van der Waals surface area contributed by atoms with Crippen LogP contribution in [0.2, 0.25) is 5.02 Å². The van der Waals surface area contributed by atoms with Crippen LogP contribution in [0.5, 0.6) is 0 Å². The summed E-state index contributed by atoms with van der Waals surface area (Å²) in [5, 5.41) is 3.39. The Morgan fingerprint density at radius 2 is 1.61 bits per heavy atom. The van der Waals surface area contributed by atoms with Crippen molar-refractivity contribution in [1.82, 2.24) is 5.32 Å². The van der Waals surface area contributed by atoms with Gasteiger partial charge in [0, 0.05) is 5.02 Å². The molecule has 0 fully saturated rings. The van der Waals surface area contributed by atoms with E-state index in [1.807, 2.05) is 44.2 Å². The first kappa shape index (κ1) is 22.8. The number of sulfonamides is 1. The van der Waals surface area contributed by atoms with Crippen LogP contribution in [0.1, 0.15) is 30.5 Å². The van der Waals surface area contributed by atoms with Gasteiger partial charge in [-0.3, -0.25) is 9.10 Å². The van der Waals surface area contributed by atoms with Crippen molar-refractivity contribution in [1.29, 1.82) is 0 Å². The highest BCUT2D eigenvalue weighted by molar-refractivity contribution is 7.92. The normalized spacial score (nSPS) is 12.2. The highest BCUT2D eigenvalue weighted by atomic mass is 35.5. The van der Waals surface area contributed by atoms with Gasteiger partial charge in [-0.25, -0.2) is 8.42 Å². The number of carbonyl (C=O) groups is 1. The van der Waals surface area contributed by atoms with Gasteiger partial charge in [-0.2, -0.15) is 0 Å². The Morgan fingerprint density at radius 3 is 2.19 bits per heavy atom. The molecule has 5 nitrogen and oxygen atoms in total. The van der Waals surface area contributed by atoms with E-state index in [4.69, 9.17) is 11.6 Å². The minimum atomic E-state index is -3.97. The van der Waals surface area contributed by atoms with Gasteiger partial charge >= 0.3 is 0 Å². The lowest BCUT2D eigenvalue weighted by Crippen LogP contribution is -2.42. The number of aryl methyl sites for hydroxylation is 1. The largest absolute Gasteiger partial charge is 0.348 e. The molecular formula is C24H25ClN2O3S. The van der Waals surface area contributed by atoms with E-state index in [0.29, 0.717) is 17.1 Å². The first-order chi connectivity index (χ1) is 14.8. The summed E-state index contributed by atoms with van der Waals surface area (Å²) in [4.78, 5) is 13.1. The third-order valence-corrected chi connectivity index (χ3v) is 7.20. The van der Waals surface area contributed by atoms with Crippen LogP contribution in [-0.2, 0) is 14.8 Å². The smallest absolute Gasteiger partial charge is 0.264 e. The zero-order valence-corrected chi connectivity index (χ0v) is 19.0. The van der Waals surface area contributed by atoms with E-state index in [1.165, 1.54) is 12.1 Å². The number of amides is 1. The minimum Gasteiger partial charge on any atom is -0.348 e. The summed E-state index contributed by atoms with van der Waals surface area (Å²) in [5.74, 6) is -0.396. The van der Waals surface area contributed by atoms with Crippen LogP contribution in [0.15, 0.2) is 83.8 Å². The van der Waals surface area contributed by atoms with Crippen molar-refractivity contribution >= 4 is 33.2 Å². The number of carbonyl (C=O) groups excluding carboxylic acids is 1. The minimum absolute atomic E-state index is 0.106. The monoisotopic (exact) mass is 456 g/mol. The lowest BCUT2D eigenvalue weighted by atomic mass is 10.0. The highest BCUT2D eigenvalue weighted by Gasteiger charge is 2.28. The Balaban J connectivity index is 1.93. The van der Waals surface area contributed by atoms with Crippen molar-refractivity contribution in [2.45, 2.75) is 31.2 Å². The molecule has 0 aliphatic heterocycles. The van der Waals surface area contributed by atoms with Crippen molar-refractivity contribution in [3.63, 3.8) is 0 Å². The van der Waals surface area contributed by atoms with E-state index in [-0.39, 0.29) is 17.5 Å². The van der Waals surface area contributed by atoms with Crippen LogP contribution in [0.4, 0.5) is 5.69 Å². The Kier molecular flexibility index (Phi) is 7.36. The summed E-state index contributed by atoms with van der Waals surface area (Å²) < 4.78 is 27.9. The van der Waals surface area contributed by atoms with Gasteiger partial charge in [0.1, 0.15) is 6.54 Å². The molecule has 0 unspecified atom stereocenters. The first-order valence-electron chi connectivity index (χ1n) is 10.0. The molecule has 1 amide bonds. The van der Waals surface area contributed by atoms with Gasteiger partial charge in [0.25, 0.3) is 10.0 Å². The number of anilines is 1. The van der Waals surface area contributed by atoms with Crippen molar-refractivity contribution in [3.8, 4) is 0 Å². The van der Waals surface area contributed by atoms with Crippen molar-refractivity contribution in [2.75, 3.05) is 10.8 Å². The van der Waals surface area contributed by atoms with Crippen LogP contribution in [-0.4, -0.2) is 20.9 Å². The predicted octanol–water partition coefficient (Wildman–Crippen LogP) is 5.11. The highest BCUT2D eigenvalue weighted by Crippen LogP contribution is 2.28. The molecule has 0 bridgehead atoms. The second kappa shape index (κ2) is 9.98. The van der Waals surface area contributed by atoms with Gasteiger partial charge in [-0.05, 0) is 48.7 Å². The molecule has 3 rings (SSSR count). The van der Waals surface area contributed by atoms with Crippen molar-refractivity contribution in [2.24, 2.45) is 0 Å². The van der Waals surface area contributed by atoms with Gasteiger partial charge in [-0.1, -0.05) is 73.1 Å². The Bertz CT molecular complexity index is 1140. The third-order valence-electron chi connectivity index (χ3n) is 5.01. The van der Waals surface area contributed by atoms with Crippen molar-refractivity contribution in [3.05, 3.63) is 95.0 Å². The van der Waals surface area contributed by atoms with E-state index in [1.54, 1.807) is 36.4 Å². The van der Waals surface area contributed by atoms with Gasteiger partial charge in [0.15, 0.2) is 0 Å². The fraction of sp³-hybridized carbons (Fsp3) is 0.208. The summed E-state index contributed by atoms with van der Waals surface area (Å²) in [6.07, 6.45) is 0.678. The molecule has 1 N–H and O–H groups in total. The van der Waals surface area contributed by atoms with Crippen LogP contribution in [0.3, 0.4) is 0 Å². The maximum atomic E-state index is 13.4. The molecule has 3 aromatic rings. The molecule has 0 heterocycles. The van der Waals surface area contributed by atoms with Crippen LogP contribution < -0.4 is 9.62 Å².